The average molecular weight is 345 g/mol. The molecule has 0 radical (unpaired) electrons. The van der Waals surface area contributed by atoms with E-state index in [9.17, 15) is 0 Å². The van der Waals surface area contributed by atoms with Crippen molar-refractivity contribution in [3.63, 3.8) is 0 Å². The molecule has 0 aliphatic rings. The van der Waals surface area contributed by atoms with Crippen molar-refractivity contribution in [1.29, 1.82) is 0 Å². The van der Waals surface area contributed by atoms with Crippen LogP contribution in [-0.2, 0) is 8.85 Å². The molecule has 0 N–H and O–H groups in total. The lowest BCUT2D eigenvalue weighted by Gasteiger charge is -2.26. The molecule has 0 spiro atoms. The second kappa shape index (κ2) is 15.7. The van der Waals surface area contributed by atoms with Crippen molar-refractivity contribution in [2.24, 2.45) is 0 Å². The minimum Gasteiger partial charge on any atom is -0.395 e. The number of hydrogen-bond donors (Lipinski definition) is 0. The lowest BCUT2D eigenvalue weighted by molar-refractivity contribution is 0.123. The number of hydrogen-bond acceptors (Lipinski definition) is 2. The fourth-order valence-electron chi connectivity index (χ4n) is 3.07. The van der Waals surface area contributed by atoms with E-state index in [2.05, 4.69) is 33.9 Å². The van der Waals surface area contributed by atoms with Gasteiger partial charge in [0.05, 0.1) is 0 Å². The third-order valence-corrected chi connectivity index (χ3v) is 6.25. The van der Waals surface area contributed by atoms with E-state index in [4.69, 9.17) is 8.85 Å². The van der Waals surface area contributed by atoms with E-state index in [-0.39, 0.29) is 0 Å². The summed E-state index contributed by atoms with van der Waals surface area (Å²) < 4.78 is 12.1. The first-order valence-electron chi connectivity index (χ1n) is 10.3. The van der Waals surface area contributed by atoms with Crippen molar-refractivity contribution in [3.05, 3.63) is 0 Å². The molecule has 0 aliphatic heterocycles. The van der Waals surface area contributed by atoms with Gasteiger partial charge in [-0.3, -0.25) is 0 Å². The predicted octanol–water partition coefficient (Wildman–Crippen LogP) is 7.22. The van der Waals surface area contributed by atoms with Crippen molar-refractivity contribution in [3.8, 4) is 0 Å². The summed E-state index contributed by atoms with van der Waals surface area (Å²) in [6.45, 7) is 11.9. The third kappa shape index (κ3) is 16.8. The lowest BCUT2D eigenvalue weighted by Crippen LogP contribution is -2.38. The Morgan fingerprint density at radius 3 is 1.65 bits per heavy atom. The van der Waals surface area contributed by atoms with Crippen LogP contribution in [0, 0.1) is 0 Å². The van der Waals surface area contributed by atoms with Gasteiger partial charge in [-0.15, -0.1) is 0 Å². The molecule has 140 valence electrons. The molecule has 23 heavy (non-hydrogen) atoms. The minimum atomic E-state index is -1.90. The van der Waals surface area contributed by atoms with E-state index in [0.717, 1.165) is 13.0 Å². The highest BCUT2D eigenvalue weighted by molar-refractivity contribution is 6.64. The van der Waals surface area contributed by atoms with Crippen LogP contribution in [0.3, 0.4) is 0 Å². The van der Waals surface area contributed by atoms with Crippen LogP contribution in [0.15, 0.2) is 0 Å². The topological polar surface area (TPSA) is 18.5 Å². The Balaban J connectivity index is 3.34. The van der Waals surface area contributed by atoms with Crippen molar-refractivity contribution >= 4 is 8.56 Å². The summed E-state index contributed by atoms with van der Waals surface area (Å²) in [4.78, 5) is 0. The van der Waals surface area contributed by atoms with Gasteiger partial charge in [-0.2, -0.15) is 0 Å². The largest absolute Gasteiger partial charge is 0.395 e. The Morgan fingerprint density at radius 2 is 1.17 bits per heavy atom. The fourth-order valence-corrected chi connectivity index (χ4v) is 4.86. The standard InChI is InChI=1S/C20H44O2Si/c1-6-8-9-10-11-12-13-14-15-16-17-19-21-23(4,5)22-20(3)18-7-2/h20H,6-19H2,1-5H3. The predicted molar refractivity (Wildman–Crippen MR) is 105 cm³/mol. The molecule has 1 atom stereocenters. The van der Waals surface area contributed by atoms with Gasteiger partial charge in [0.2, 0.25) is 0 Å². The van der Waals surface area contributed by atoms with Crippen LogP contribution in [0.1, 0.15) is 104 Å². The molecular weight excluding hydrogens is 300 g/mol. The number of rotatable bonds is 17. The minimum absolute atomic E-state index is 0.346. The van der Waals surface area contributed by atoms with Gasteiger partial charge in [-0.25, -0.2) is 0 Å². The maximum Gasteiger partial charge on any atom is 0.331 e. The summed E-state index contributed by atoms with van der Waals surface area (Å²) in [5, 5.41) is 0. The zero-order valence-electron chi connectivity index (χ0n) is 16.8. The quantitative estimate of drug-likeness (QED) is 0.205. The van der Waals surface area contributed by atoms with Crippen LogP contribution in [-0.4, -0.2) is 21.3 Å². The average Bonchev–Trinajstić information content (AvgIpc) is 2.48. The first-order valence-corrected chi connectivity index (χ1v) is 13.1. The second-order valence-corrected chi connectivity index (χ2v) is 10.8. The smallest absolute Gasteiger partial charge is 0.331 e. The van der Waals surface area contributed by atoms with E-state index >= 15 is 0 Å². The summed E-state index contributed by atoms with van der Waals surface area (Å²) in [6, 6.07) is 0. The molecular formula is C20H44O2Si. The summed E-state index contributed by atoms with van der Waals surface area (Å²) in [7, 11) is -1.90. The zero-order chi connectivity index (χ0) is 17.4. The molecule has 0 fully saturated rings. The normalized spacial score (nSPS) is 13.4. The number of unbranched alkanes of at least 4 members (excludes halogenated alkanes) is 10. The Kier molecular flexibility index (Phi) is 15.7. The Bertz CT molecular complexity index is 244. The van der Waals surface area contributed by atoms with Crippen LogP contribution in [0.5, 0.6) is 0 Å². The van der Waals surface area contributed by atoms with Gasteiger partial charge in [-0.1, -0.05) is 84.5 Å². The van der Waals surface area contributed by atoms with Crippen molar-refractivity contribution in [2.45, 2.75) is 123 Å². The van der Waals surface area contributed by atoms with Gasteiger partial charge in [-0.05, 0) is 32.9 Å². The van der Waals surface area contributed by atoms with E-state index in [1.165, 1.54) is 77.0 Å². The van der Waals surface area contributed by atoms with Gasteiger partial charge in [0, 0.05) is 12.7 Å². The van der Waals surface area contributed by atoms with Gasteiger partial charge in [0.1, 0.15) is 0 Å². The monoisotopic (exact) mass is 344 g/mol. The first-order chi connectivity index (χ1) is 11.0. The molecule has 1 unspecified atom stereocenters. The van der Waals surface area contributed by atoms with E-state index < -0.39 is 8.56 Å². The molecule has 0 bridgehead atoms. The van der Waals surface area contributed by atoms with Crippen molar-refractivity contribution in [2.75, 3.05) is 6.61 Å². The molecule has 0 aromatic heterocycles. The zero-order valence-corrected chi connectivity index (χ0v) is 17.8. The molecule has 0 aromatic carbocycles. The molecule has 0 rings (SSSR count). The van der Waals surface area contributed by atoms with Crippen LogP contribution in [0.2, 0.25) is 13.1 Å². The lowest BCUT2D eigenvalue weighted by atomic mass is 10.1. The maximum atomic E-state index is 6.09. The van der Waals surface area contributed by atoms with Gasteiger partial charge >= 0.3 is 8.56 Å². The highest BCUT2D eigenvalue weighted by Crippen LogP contribution is 2.15. The Hall–Kier alpha value is 0.137. The van der Waals surface area contributed by atoms with Gasteiger partial charge in [0.15, 0.2) is 0 Å². The molecule has 0 aliphatic carbocycles. The Morgan fingerprint density at radius 1 is 0.696 bits per heavy atom. The van der Waals surface area contributed by atoms with Crippen LogP contribution >= 0.6 is 0 Å². The summed E-state index contributed by atoms with van der Waals surface area (Å²) in [5.74, 6) is 0. The van der Waals surface area contributed by atoms with Crippen molar-refractivity contribution in [1.82, 2.24) is 0 Å². The van der Waals surface area contributed by atoms with Gasteiger partial charge < -0.3 is 8.85 Å². The molecule has 0 saturated heterocycles. The van der Waals surface area contributed by atoms with E-state index in [0.29, 0.717) is 6.10 Å². The van der Waals surface area contributed by atoms with E-state index in [1.807, 2.05) is 0 Å². The van der Waals surface area contributed by atoms with Crippen molar-refractivity contribution < 1.29 is 8.85 Å². The van der Waals surface area contributed by atoms with Crippen LogP contribution < -0.4 is 0 Å². The highest BCUT2D eigenvalue weighted by Gasteiger charge is 2.26. The van der Waals surface area contributed by atoms with Crippen LogP contribution in [0.25, 0.3) is 0 Å². The maximum absolute atomic E-state index is 6.09. The molecule has 0 amide bonds. The highest BCUT2D eigenvalue weighted by atomic mass is 28.4. The summed E-state index contributed by atoms with van der Waals surface area (Å²) in [6.07, 6.45) is 17.9. The first kappa shape index (κ1) is 23.1. The third-order valence-electron chi connectivity index (χ3n) is 4.38. The molecule has 3 heteroatoms. The van der Waals surface area contributed by atoms with Crippen LogP contribution in [0.4, 0.5) is 0 Å². The molecule has 0 saturated carbocycles. The molecule has 2 nitrogen and oxygen atoms in total. The second-order valence-electron chi connectivity index (χ2n) is 7.50. The van der Waals surface area contributed by atoms with E-state index in [1.54, 1.807) is 0 Å². The Labute approximate surface area is 148 Å². The molecule has 0 aromatic rings. The van der Waals surface area contributed by atoms with Gasteiger partial charge in [0.25, 0.3) is 0 Å². The summed E-state index contributed by atoms with van der Waals surface area (Å²) >= 11 is 0. The SMILES string of the molecule is CCCCCCCCCCCCCO[Si](C)(C)OC(C)CCC. The summed E-state index contributed by atoms with van der Waals surface area (Å²) in [5.41, 5.74) is 0. The molecule has 0 heterocycles. The fraction of sp³-hybridized carbons (Fsp3) is 1.00.